The number of fused-ring (bicyclic) bond motifs is 2. The molecule has 0 unspecified atom stereocenters. The van der Waals surface area contributed by atoms with Crippen LogP contribution >= 0.6 is 11.3 Å². The summed E-state index contributed by atoms with van der Waals surface area (Å²) in [5.41, 5.74) is 8.05. The molecular weight excluding hydrogens is 270 g/mol. The summed E-state index contributed by atoms with van der Waals surface area (Å²) in [5.74, 6) is 1.15. The van der Waals surface area contributed by atoms with E-state index in [4.69, 9.17) is 5.73 Å². The van der Waals surface area contributed by atoms with Gasteiger partial charge in [0.2, 0.25) is 0 Å². The van der Waals surface area contributed by atoms with E-state index >= 15 is 0 Å². The van der Waals surface area contributed by atoms with E-state index in [-0.39, 0.29) is 0 Å². The highest BCUT2D eigenvalue weighted by molar-refractivity contribution is 7.22. The monoisotopic (exact) mass is 285 g/mol. The Hall–Kier alpha value is -1.92. The van der Waals surface area contributed by atoms with E-state index in [0.717, 1.165) is 37.5 Å². The summed E-state index contributed by atoms with van der Waals surface area (Å²) in [6, 6.07) is 6.40. The number of aromatic nitrogens is 3. The highest BCUT2D eigenvalue weighted by atomic mass is 32.1. The van der Waals surface area contributed by atoms with Crippen molar-refractivity contribution >= 4 is 26.7 Å². The second-order valence-electron chi connectivity index (χ2n) is 5.10. The van der Waals surface area contributed by atoms with Crippen LogP contribution in [0.15, 0.2) is 30.6 Å². The molecule has 0 saturated carbocycles. The summed E-state index contributed by atoms with van der Waals surface area (Å²) < 4.78 is 3.39. The Balaban J connectivity index is 1.56. The molecule has 2 N–H and O–H groups in total. The molecule has 20 heavy (non-hydrogen) atoms. The van der Waals surface area contributed by atoms with Crippen LogP contribution in [0.1, 0.15) is 11.4 Å². The van der Waals surface area contributed by atoms with Crippen LogP contribution in [0, 0.1) is 0 Å². The highest BCUT2D eigenvalue weighted by Gasteiger charge is 2.16. The number of nitrogens with two attached hydrogens (primary N) is 1. The third kappa shape index (κ3) is 2.07. The molecule has 0 amide bonds. The molecule has 3 aromatic rings. The SMILES string of the molecule is Nc1nc2ccc(CN3CCn4ccnc4C3)cc2s1. The van der Waals surface area contributed by atoms with Crippen molar-refractivity contribution in [1.29, 1.82) is 0 Å². The van der Waals surface area contributed by atoms with Crippen molar-refractivity contribution in [2.75, 3.05) is 12.3 Å². The fraction of sp³-hybridized carbons (Fsp3) is 0.286. The first-order valence-electron chi connectivity index (χ1n) is 6.65. The number of nitrogen functional groups attached to an aromatic ring is 1. The number of hydrogen-bond donors (Lipinski definition) is 1. The molecule has 4 rings (SSSR count). The maximum Gasteiger partial charge on any atom is 0.181 e. The Morgan fingerprint density at radius 1 is 1.30 bits per heavy atom. The lowest BCUT2D eigenvalue weighted by Gasteiger charge is -2.27. The lowest BCUT2D eigenvalue weighted by Crippen LogP contribution is -2.33. The topological polar surface area (TPSA) is 60.0 Å². The first-order chi connectivity index (χ1) is 9.78. The van der Waals surface area contributed by atoms with Crippen LogP contribution in [0.2, 0.25) is 0 Å². The van der Waals surface area contributed by atoms with Gasteiger partial charge < -0.3 is 10.3 Å². The molecule has 0 saturated heterocycles. The van der Waals surface area contributed by atoms with Crippen molar-refractivity contribution in [3.8, 4) is 0 Å². The second-order valence-corrected chi connectivity index (χ2v) is 6.16. The molecule has 2 aromatic heterocycles. The zero-order valence-electron chi connectivity index (χ0n) is 11.0. The average Bonchev–Trinajstić information content (AvgIpc) is 3.02. The summed E-state index contributed by atoms with van der Waals surface area (Å²) in [6.45, 7) is 3.94. The molecule has 102 valence electrons. The van der Waals surface area contributed by atoms with Crippen LogP contribution in [-0.2, 0) is 19.6 Å². The van der Waals surface area contributed by atoms with Crippen LogP contribution < -0.4 is 5.73 Å². The van der Waals surface area contributed by atoms with Gasteiger partial charge in [0.1, 0.15) is 5.82 Å². The van der Waals surface area contributed by atoms with E-state index in [9.17, 15) is 0 Å². The third-order valence-corrected chi connectivity index (χ3v) is 4.55. The summed E-state index contributed by atoms with van der Waals surface area (Å²) in [7, 11) is 0. The quantitative estimate of drug-likeness (QED) is 0.783. The van der Waals surface area contributed by atoms with Gasteiger partial charge in [-0.25, -0.2) is 9.97 Å². The van der Waals surface area contributed by atoms with Gasteiger partial charge in [0.05, 0.1) is 16.8 Å². The van der Waals surface area contributed by atoms with E-state index in [1.54, 1.807) is 11.3 Å². The van der Waals surface area contributed by atoms with Gasteiger partial charge in [-0.1, -0.05) is 17.4 Å². The predicted octanol–water partition coefficient (Wildman–Crippen LogP) is 2.09. The number of thiazole rings is 1. The van der Waals surface area contributed by atoms with E-state index in [1.165, 1.54) is 10.3 Å². The fourth-order valence-corrected chi connectivity index (χ4v) is 3.50. The van der Waals surface area contributed by atoms with Crippen molar-refractivity contribution < 1.29 is 0 Å². The minimum Gasteiger partial charge on any atom is -0.375 e. The van der Waals surface area contributed by atoms with Gasteiger partial charge in [-0.2, -0.15) is 0 Å². The maximum atomic E-state index is 5.75. The van der Waals surface area contributed by atoms with E-state index < -0.39 is 0 Å². The van der Waals surface area contributed by atoms with Crippen molar-refractivity contribution in [2.24, 2.45) is 0 Å². The molecule has 0 radical (unpaired) electrons. The fourth-order valence-electron chi connectivity index (χ4n) is 2.70. The van der Waals surface area contributed by atoms with Gasteiger partial charge in [0.25, 0.3) is 0 Å². The minimum atomic E-state index is 0.636. The third-order valence-electron chi connectivity index (χ3n) is 3.70. The summed E-state index contributed by atoms with van der Waals surface area (Å²) in [6.07, 6.45) is 3.93. The molecule has 0 aliphatic carbocycles. The number of nitrogens with zero attached hydrogens (tertiary/aromatic N) is 4. The summed E-state index contributed by atoms with van der Waals surface area (Å²) in [5, 5.41) is 0.636. The van der Waals surface area contributed by atoms with E-state index in [0.29, 0.717) is 5.13 Å². The molecule has 1 aliphatic heterocycles. The van der Waals surface area contributed by atoms with Crippen molar-refractivity contribution in [1.82, 2.24) is 19.4 Å². The molecule has 0 atom stereocenters. The first-order valence-corrected chi connectivity index (χ1v) is 7.47. The van der Waals surface area contributed by atoms with Crippen molar-refractivity contribution in [3.63, 3.8) is 0 Å². The standard InChI is InChI=1S/C14H15N5S/c15-14-17-11-2-1-10(7-12(11)20-14)8-18-5-6-19-4-3-16-13(19)9-18/h1-4,7H,5-6,8-9H2,(H2,15,17). The second kappa shape index (κ2) is 4.57. The molecule has 0 bridgehead atoms. The summed E-state index contributed by atoms with van der Waals surface area (Å²) >= 11 is 1.55. The maximum absolute atomic E-state index is 5.75. The molecule has 0 spiro atoms. The molecule has 5 nitrogen and oxygen atoms in total. The van der Waals surface area contributed by atoms with Gasteiger partial charge in [-0.15, -0.1) is 0 Å². The molecule has 3 heterocycles. The van der Waals surface area contributed by atoms with Gasteiger partial charge in [0.15, 0.2) is 5.13 Å². The zero-order chi connectivity index (χ0) is 13.5. The molecule has 0 fully saturated rings. The predicted molar refractivity (Wildman–Crippen MR) is 80.4 cm³/mol. The van der Waals surface area contributed by atoms with Crippen LogP contribution in [-0.4, -0.2) is 26.0 Å². The number of hydrogen-bond acceptors (Lipinski definition) is 5. The van der Waals surface area contributed by atoms with Gasteiger partial charge in [-0.3, -0.25) is 4.90 Å². The lowest BCUT2D eigenvalue weighted by atomic mass is 10.2. The van der Waals surface area contributed by atoms with Crippen molar-refractivity contribution in [2.45, 2.75) is 19.6 Å². The Kier molecular flexibility index (Phi) is 2.71. The van der Waals surface area contributed by atoms with Crippen LogP contribution in [0.4, 0.5) is 5.13 Å². The van der Waals surface area contributed by atoms with Crippen molar-refractivity contribution in [3.05, 3.63) is 42.0 Å². The summed E-state index contributed by atoms with van der Waals surface area (Å²) in [4.78, 5) is 11.1. The van der Waals surface area contributed by atoms with Gasteiger partial charge >= 0.3 is 0 Å². The number of imidazole rings is 1. The largest absolute Gasteiger partial charge is 0.375 e. The van der Waals surface area contributed by atoms with Gasteiger partial charge in [0, 0.05) is 32.0 Å². The van der Waals surface area contributed by atoms with E-state index in [2.05, 4.69) is 43.8 Å². The first kappa shape index (κ1) is 11.9. The van der Waals surface area contributed by atoms with Gasteiger partial charge in [-0.05, 0) is 17.7 Å². The smallest absolute Gasteiger partial charge is 0.181 e. The zero-order valence-corrected chi connectivity index (χ0v) is 11.8. The Bertz CT molecular complexity index is 760. The molecular formula is C14H15N5S. The Labute approximate surface area is 120 Å². The molecule has 1 aromatic carbocycles. The van der Waals surface area contributed by atoms with Crippen LogP contribution in [0.3, 0.4) is 0 Å². The number of rotatable bonds is 2. The van der Waals surface area contributed by atoms with Crippen LogP contribution in [0.25, 0.3) is 10.2 Å². The highest BCUT2D eigenvalue weighted by Crippen LogP contribution is 2.25. The Morgan fingerprint density at radius 2 is 2.25 bits per heavy atom. The van der Waals surface area contributed by atoms with Crippen LogP contribution in [0.5, 0.6) is 0 Å². The lowest BCUT2D eigenvalue weighted by molar-refractivity contribution is 0.209. The number of benzene rings is 1. The van der Waals surface area contributed by atoms with E-state index in [1.807, 2.05) is 6.20 Å². The minimum absolute atomic E-state index is 0.636. The molecule has 6 heteroatoms. The molecule has 1 aliphatic rings. The normalized spacial score (nSPS) is 15.6. The number of anilines is 1. The average molecular weight is 285 g/mol. The Morgan fingerprint density at radius 3 is 3.20 bits per heavy atom.